The molecule has 2 saturated heterocycles. The molecule has 30 heavy (non-hydrogen) atoms. The number of carboxylic acids is 1. The van der Waals surface area contributed by atoms with Crippen molar-refractivity contribution >= 4 is 11.9 Å². The lowest BCUT2D eigenvalue weighted by Gasteiger charge is -2.47. The van der Waals surface area contributed by atoms with Crippen molar-refractivity contribution < 1.29 is 32.3 Å². The fourth-order valence-corrected chi connectivity index (χ4v) is 4.03. The van der Waals surface area contributed by atoms with E-state index in [1.807, 2.05) is 17.9 Å². The topological polar surface area (TPSA) is 60.9 Å². The number of halogens is 4. The van der Waals surface area contributed by atoms with Crippen LogP contribution >= 0.6 is 0 Å². The van der Waals surface area contributed by atoms with Crippen molar-refractivity contribution in [3.8, 4) is 0 Å². The average Bonchev–Trinajstić information content (AvgIpc) is 2.70. The zero-order valence-electron chi connectivity index (χ0n) is 17.1. The van der Waals surface area contributed by atoms with Gasteiger partial charge in [0.05, 0.1) is 0 Å². The van der Waals surface area contributed by atoms with Crippen LogP contribution in [0, 0.1) is 11.2 Å². The van der Waals surface area contributed by atoms with Gasteiger partial charge in [-0.2, -0.15) is 13.2 Å². The van der Waals surface area contributed by atoms with Crippen molar-refractivity contribution in [2.24, 2.45) is 5.41 Å². The lowest BCUT2D eigenvalue weighted by atomic mass is 9.71. The van der Waals surface area contributed by atoms with E-state index in [0.29, 0.717) is 17.7 Å². The number of amides is 1. The Balaban J connectivity index is 0.000000396. The number of piperidine rings is 2. The molecule has 0 bridgehead atoms. The van der Waals surface area contributed by atoms with Crippen LogP contribution in [0.5, 0.6) is 0 Å². The molecule has 0 unspecified atom stereocenters. The quantitative estimate of drug-likeness (QED) is 0.732. The molecule has 0 atom stereocenters. The summed E-state index contributed by atoms with van der Waals surface area (Å²) >= 11 is 0. The summed E-state index contributed by atoms with van der Waals surface area (Å²) in [5.41, 5.74) is 1.49. The Kier molecular flexibility index (Phi) is 8.23. The van der Waals surface area contributed by atoms with Crippen LogP contribution in [0.25, 0.3) is 0 Å². The molecule has 168 valence electrons. The predicted octanol–water partition coefficient (Wildman–Crippen LogP) is 4.07. The molecule has 1 spiro atoms. The van der Waals surface area contributed by atoms with Gasteiger partial charge in [0, 0.05) is 26.1 Å². The van der Waals surface area contributed by atoms with Gasteiger partial charge in [-0.3, -0.25) is 9.69 Å². The molecule has 0 aliphatic carbocycles. The standard InChI is InChI=1S/C19H27FN2O.C2HF3O2/c1-2-18(23)22-12-8-19(9-13-22)6-10-21(11-7-19)15-16-4-3-5-17(20)14-16;3-2(4,5)1(6)7/h3-5,14H,2,6-13,15H2,1H3;(H,6,7). The lowest BCUT2D eigenvalue weighted by Crippen LogP contribution is -2.48. The Bertz CT molecular complexity index is 721. The Morgan fingerprint density at radius 3 is 2.07 bits per heavy atom. The normalized spacial score (nSPS) is 19.2. The van der Waals surface area contributed by atoms with Gasteiger partial charge in [-0.15, -0.1) is 0 Å². The minimum Gasteiger partial charge on any atom is -0.475 e. The van der Waals surface area contributed by atoms with E-state index in [2.05, 4.69) is 4.90 Å². The van der Waals surface area contributed by atoms with Crippen LogP contribution in [-0.4, -0.2) is 59.1 Å². The largest absolute Gasteiger partial charge is 0.490 e. The molecule has 2 fully saturated rings. The molecule has 9 heteroatoms. The van der Waals surface area contributed by atoms with Gasteiger partial charge < -0.3 is 10.0 Å². The third kappa shape index (κ3) is 6.97. The Labute approximate surface area is 173 Å². The predicted molar refractivity (Wildman–Crippen MR) is 103 cm³/mol. The first kappa shape index (κ1) is 24.1. The van der Waals surface area contributed by atoms with E-state index in [1.54, 1.807) is 12.1 Å². The highest BCUT2D eigenvalue weighted by Gasteiger charge is 2.39. The molecule has 2 heterocycles. The number of hydrogen-bond acceptors (Lipinski definition) is 3. The molecular formula is C21H28F4N2O3. The van der Waals surface area contributed by atoms with E-state index in [9.17, 15) is 22.4 Å². The summed E-state index contributed by atoms with van der Waals surface area (Å²) in [6, 6.07) is 6.93. The fraction of sp³-hybridized carbons (Fsp3) is 0.619. The number of alkyl halides is 3. The lowest BCUT2D eigenvalue weighted by molar-refractivity contribution is -0.192. The Hall–Kier alpha value is -2.16. The van der Waals surface area contributed by atoms with Gasteiger partial charge in [0.15, 0.2) is 0 Å². The molecule has 1 aromatic carbocycles. The maximum atomic E-state index is 13.3. The number of carboxylic acid groups (broad SMARTS) is 1. The van der Waals surface area contributed by atoms with Crippen molar-refractivity contribution in [1.29, 1.82) is 0 Å². The van der Waals surface area contributed by atoms with Gasteiger partial charge in [0.1, 0.15) is 5.82 Å². The summed E-state index contributed by atoms with van der Waals surface area (Å²) in [6.45, 7) is 6.80. The number of rotatable bonds is 3. The highest BCUT2D eigenvalue weighted by molar-refractivity contribution is 5.75. The number of nitrogens with zero attached hydrogens (tertiary/aromatic N) is 2. The second kappa shape index (κ2) is 10.2. The van der Waals surface area contributed by atoms with E-state index in [0.717, 1.165) is 51.1 Å². The molecule has 2 aliphatic rings. The number of hydrogen-bond donors (Lipinski definition) is 1. The maximum Gasteiger partial charge on any atom is 0.490 e. The van der Waals surface area contributed by atoms with Gasteiger partial charge in [0.25, 0.3) is 0 Å². The van der Waals surface area contributed by atoms with E-state index in [1.165, 1.54) is 18.9 Å². The van der Waals surface area contributed by atoms with E-state index < -0.39 is 12.1 Å². The summed E-state index contributed by atoms with van der Waals surface area (Å²) < 4.78 is 45.0. The van der Waals surface area contributed by atoms with Gasteiger partial charge in [-0.05, 0) is 61.9 Å². The van der Waals surface area contributed by atoms with Crippen LogP contribution in [0.15, 0.2) is 24.3 Å². The summed E-state index contributed by atoms with van der Waals surface area (Å²) in [7, 11) is 0. The smallest absolute Gasteiger partial charge is 0.475 e. The van der Waals surface area contributed by atoms with Crippen molar-refractivity contribution in [2.45, 2.75) is 51.7 Å². The van der Waals surface area contributed by atoms with Crippen LogP contribution in [0.3, 0.4) is 0 Å². The first-order chi connectivity index (χ1) is 14.0. The molecule has 1 N–H and O–H groups in total. The third-order valence-corrected chi connectivity index (χ3v) is 5.93. The number of carbonyl (C=O) groups excluding carboxylic acids is 1. The monoisotopic (exact) mass is 432 g/mol. The Morgan fingerprint density at radius 1 is 1.07 bits per heavy atom. The van der Waals surface area contributed by atoms with Gasteiger partial charge in [-0.25, -0.2) is 9.18 Å². The average molecular weight is 432 g/mol. The van der Waals surface area contributed by atoms with Crippen LogP contribution in [0.4, 0.5) is 17.6 Å². The molecule has 0 saturated carbocycles. The molecule has 0 aromatic heterocycles. The van der Waals surface area contributed by atoms with Gasteiger partial charge in [0.2, 0.25) is 5.91 Å². The zero-order valence-corrected chi connectivity index (χ0v) is 17.1. The Morgan fingerprint density at radius 2 is 1.60 bits per heavy atom. The van der Waals surface area contributed by atoms with E-state index in [-0.39, 0.29) is 5.82 Å². The highest BCUT2D eigenvalue weighted by atomic mass is 19.4. The highest BCUT2D eigenvalue weighted by Crippen LogP contribution is 2.41. The van der Waals surface area contributed by atoms with Crippen LogP contribution in [-0.2, 0) is 16.1 Å². The second-order valence-electron chi connectivity index (χ2n) is 7.94. The number of benzene rings is 1. The maximum absolute atomic E-state index is 13.3. The SMILES string of the molecule is CCC(=O)N1CCC2(CCN(Cc3cccc(F)c3)CC2)CC1.O=C(O)C(F)(F)F. The second-order valence-corrected chi connectivity index (χ2v) is 7.94. The first-order valence-corrected chi connectivity index (χ1v) is 10.1. The van der Waals surface area contributed by atoms with Crippen molar-refractivity contribution in [2.75, 3.05) is 26.2 Å². The molecule has 2 aliphatic heterocycles. The van der Waals surface area contributed by atoms with E-state index >= 15 is 0 Å². The number of carbonyl (C=O) groups is 2. The molecule has 0 radical (unpaired) electrons. The molecule has 3 rings (SSSR count). The van der Waals surface area contributed by atoms with Crippen molar-refractivity contribution in [1.82, 2.24) is 9.80 Å². The van der Waals surface area contributed by atoms with E-state index in [4.69, 9.17) is 9.90 Å². The van der Waals surface area contributed by atoms with Gasteiger partial charge in [-0.1, -0.05) is 19.1 Å². The number of likely N-dealkylation sites (tertiary alicyclic amines) is 2. The summed E-state index contributed by atoms with van der Waals surface area (Å²) in [5.74, 6) is -2.61. The number of aliphatic carboxylic acids is 1. The molecule has 5 nitrogen and oxygen atoms in total. The third-order valence-electron chi connectivity index (χ3n) is 5.93. The molecular weight excluding hydrogens is 404 g/mol. The molecule has 1 amide bonds. The minimum absolute atomic E-state index is 0.149. The molecule has 1 aromatic rings. The van der Waals surface area contributed by atoms with Crippen LogP contribution in [0.2, 0.25) is 0 Å². The summed E-state index contributed by atoms with van der Waals surface area (Å²) in [4.78, 5) is 25.2. The van der Waals surface area contributed by atoms with Gasteiger partial charge >= 0.3 is 12.1 Å². The zero-order chi connectivity index (χ0) is 22.4. The van der Waals surface area contributed by atoms with Crippen molar-refractivity contribution in [3.05, 3.63) is 35.6 Å². The fourth-order valence-electron chi connectivity index (χ4n) is 4.03. The van der Waals surface area contributed by atoms with Crippen molar-refractivity contribution in [3.63, 3.8) is 0 Å². The van der Waals surface area contributed by atoms with Crippen LogP contribution in [0.1, 0.15) is 44.6 Å². The first-order valence-electron chi connectivity index (χ1n) is 10.1. The summed E-state index contributed by atoms with van der Waals surface area (Å²) in [5, 5.41) is 7.12. The van der Waals surface area contributed by atoms with Crippen LogP contribution < -0.4 is 0 Å². The minimum atomic E-state index is -5.08. The summed E-state index contributed by atoms with van der Waals surface area (Å²) in [6.07, 6.45) is 0.237.